The molecule has 0 N–H and O–H groups in total. The van der Waals surface area contributed by atoms with E-state index in [0.717, 1.165) is 34.3 Å². The molecule has 29 heavy (non-hydrogen) atoms. The van der Waals surface area contributed by atoms with Crippen molar-refractivity contribution in [3.8, 4) is 5.69 Å². The maximum Gasteiger partial charge on any atom is 0.227 e. The Hall–Kier alpha value is -2.96. The number of hydrogen-bond donors (Lipinski definition) is 0. The minimum atomic E-state index is -0.0546. The molecule has 0 spiro atoms. The molecule has 1 atom stereocenters. The Kier molecular flexibility index (Phi) is 4.26. The van der Waals surface area contributed by atoms with Gasteiger partial charge < -0.3 is 4.90 Å². The Bertz CT molecular complexity index is 1060. The molecule has 0 unspecified atom stereocenters. The summed E-state index contributed by atoms with van der Waals surface area (Å²) >= 11 is 0. The predicted octanol–water partition coefficient (Wildman–Crippen LogP) is 3.10. The lowest BCUT2D eigenvalue weighted by molar-refractivity contribution is -0.133. The molecule has 1 saturated carbocycles. The second-order valence-electron chi connectivity index (χ2n) is 8.16. The van der Waals surface area contributed by atoms with Crippen LogP contribution in [0.4, 0.5) is 0 Å². The van der Waals surface area contributed by atoms with Gasteiger partial charge in [-0.2, -0.15) is 10.2 Å². The minimum Gasteiger partial charge on any atom is -0.331 e. The highest BCUT2D eigenvalue weighted by atomic mass is 16.2. The number of fused-ring (bicyclic) bond motifs is 1. The number of carbonyl (C=O) groups is 1. The van der Waals surface area contributed by atoms with Crippen molar-refractivity contribution < 1.29 is 4.79 Å². The van der Waals surface area contributed by atoms with Crippen molar-refractivity contribution in [1.82, 2.24) is 29.4 Å². The summed E-state index contributed by atoms with van der Waals surface area (Å²) in [4.78, 5) is 19.9. The van der Waals surface area contributed by atoms with Crippen LogP contribution in [-0.2, 0) is 17.8 Å². The maximum atomic E-state index is 13.2. The van der Waals surface area contributed by atoms with E-state index in [9.17, 15) is 4.79 Å². The molecule has 1 aromatic carbocycles. The quantitative estimate of drug-likeness (QED) is 0.686. The van der Waals surface area contributed by atoms with Crippen molar-refractivity contribution >= 4 is 5.91 Å². The van der Waals surface area contributed by atoms with Gasteiger partial charge in [0.05, 0.1) is 30.4 Å². The average Bonchev–Trinajstić information content (AvgIpc) is 3.42. The summed E-state index contributed by atoms with van der Waals surface area (Å²) in [5.74, 6) is 2.52. The van der Waals surface area contributed by atoms with E-state index in [1.165, 1.54) is 12.8 Å². The second-order valence-corrected chi connectivity index (χ2v) is 8.16. The zero-order chi connectivity index (χ0) is 20.1. The fourth-order valence-electron chi connectivity index (χ4n) is 4.24. The maximum absolute atomic E-state index is 13.2. The van der Waals surface area contributed by atoms with Gasteiger partial charge in [0.2, 0.25) is 5.91 Å². The summed E-state index contributed by atoms with van der Waals surface area (Å²) in [6, 6.07) is 9.99. The fraction of sp³-hybridized carbons (Fsp3) is 0.455. The molecular weight excluding hydrogens is 364 g/mol. The van der Waals surface area contributed by atoms with Gasteiger partial charge in [-0.15, -0.1) is 0 Å². The molecule has 3 aromatic rings. The third-order valence-corrected chi connectivity index (χ3v) is 6.14. The van der Waals surface area contributed by atoms with Crippen molar-refractivity contribution in [1.29, 1.82) is 0 Å². The van der Waals surface area contributed by atoms with Crippen molar-refractivity contribution in [3.05, 3.63) is 58.9 Å². The molecule has 0 saturated heterocycles. The van der Waals surface area contributed by atoms with Crippen LogP contribution in [0.15, 0.2) is 30.3 Å². The van der Waals surface area contributed by atoms with E-state index in [2.05, 4.69) is 17.1 Å². The van der Waals surface area contributed by atoms with E-state index >= 15 is 0 Å². The van der Waals surface area contributed by atoms with Gasteiger partial charge in [0, 0.05) is 23.7 Å². The highest BCUT2D eigenvalue weighted by Gasteiger charge is 2.35. The zero-order valence-electron chi connectivity index (χ0n) is 17.2. The van der Waals surface area contributed by atoms with E-state index < -0.39 is 0 Å². The van der Waals surface area contributed by atoms with Gasteiger partial charge in [-0.05, 0) is 45.7 Å². The molecule has 0 bridgehead atoms. The van der Waals surface area contributed by atoms with Gasteiger partial charge in [-0.25, -0.2) is 14.3 Å². The molecule has 1 aliphatic heterocycles. The van der Waals surface area contributed by atoms with Crippen LogP contribution in [-0.4, -0.2) is 41.9 Å². The smallest absolute Gasteiger partial charge is 0.227 e. The first-order valence-corrected chi connectivity index (χ1v) is 10.4. The largest absolute Gasteiger partial charge is 0.331 e. The first kappa shape index (κ1) is 18.1. The Morgan fingerprint density at radius 1 is 1.10 bits per heavy atom. The molecule has 150 valence electrons. The summed E-state index contributed by atoms with van der Waals surface area (Å²) in [5.41, 5.74) is 3.95. The van der Waals surface area contributed by atoms with Crippen LogP contribution in [0.1, 0.15) is 60.3 Å². The van der Waals surface area contributed by atoms with E-state index in [-0.39, 0.29) is 11.9 Å². The number of hydrogen-bond acceptors (Lipinski definition) is 4. The number of aromatic nitrogens is 5. The number of amides is 1. The van der Waals surface area contributed by atoms with Gasteiger partial charge >= 0.3 is 0 Å². The molecule has 7 heteroatoms. The second kappa shape index (κ2) is 6.83. The highest BCUT2D eigenvalue weighted by molar-refractivity contribution is 5.80. The molecule has 3 heterocycles. The summed E-state index contributed by atoms with van der Waals surface area (Å²) in [5, 5.41) is 9.34. The SMILES string of the molecule is Cc1nn(-c2ccccc2)c(C)c1CC(=O)N1CCn2nc(C3CC3)nc2[C@H]1C. The number of carbonyl (C=O) groups excluding carboxylic acids is 1. The lowest BCUT2D eigenvalue weighted by atomic mass is 10.1. The van der Waals surface area contributed by atoms with Gasteiger partial charge in [-0.1, -0.05) is 18.2 Å². The number of rotatable bonds is 4. The molecule has 5 rings (SSSR count). The van der Waals surface area contributed by atoms with Crippen LogP contribution in [0.5, 0.6) is 0 Å². The zero-order valence-corrected chi connectivity index (χ0v) is 17.2. The summed E-state index contributed by atoms with van der Waals surface area (Å²) in [7, 11) is 0. The van der Waals surface area contributed by atoms with Crippen LogP contribution in [0.25, 0.3) is 5.69 Å². The molecule has 1 amide bonds. The van der Waals surface area contributed by atoms with E-state index in [1.54, 1.807) is 0 Å². The average molecular weight is 390 g/mol. The standard InChI is InChI=1S/C22H26N6O/c1-14-19(15(2)28(24-14)18-7-5-4-6-8-18)13-20(29)26-11-12-27-22(16(26)3)23-21(25-27)17-9-10-17/h4-8,16-17H,9-13H2,1-3H3/t16-/m1/s1. The number of aryl methyl sites for hydroxylation is 1. The first-order chi connectivity index (χ1) is 14.0. The van der Waals surface area contributed by atoms with Crippen molar-refractivity contribution in [2.75, 3.05) is 6.54 Å². The fourth-order valence-corrected chi connectivity index (χ4v) is 4.24. The predicted molar refractivity (Wildman–Crippen MR) is 109 cm³/mol. The lowest BCUT2D eigenvalue weighted by Gasteiger charge is -2.33. The molecule has 2 aromatic heterocycles. The first-order valence-electron chi connectivity index (χ1n) is 10.4. The van der Waals surface area contributed by atoms with Crippen LogP contribution < -0.4 is 0 Å². The molecular formula is C22H26N6O. The van der Waals surface area contributed by atoms with Gasteiger partial charge in [0.15, 0.2) is 5.82 Å². The number of nitrogens with zero attached hydrogens (tertiary/aromatic N) is 6. The van der Waals surface area contributed by atoms with Crippen LogP contribution in [0, 0.1) is 13.8 Å². The number of benzene rings is 1. The van der Waals surface area contributed by atoms with Gasteiger partial charge in [-0.3, -0.25) is 4.79 Å². The summed E-state index contributed by atoms with van der Waals surface area (Å²) < 4.78 is 3.92. The third-order valence-electron chi connectivity index (χ3n) is 6.14. The third kappa shape index (κ3) is 3.14. The lowest BCUT2D eigenvalue weighted by Crippen LogP contribution is -2.42. The van der Waals surface area contributed by atoms with Crippen molar-refractivity contribution in [3.63, 3.8) is 0 Å². The van der Waals surface area contributed by atoms with E-state index in [0.29, 0.717) is 25.4 Å². The Morgan fingerprint density at radius 2 is 1.86 bits per heavy atom. The number of para-hydroxylation sites is 1. The molecule has 2 aliphatic rings. The minimum absolute atomic E-state index is 0.0546. The summed E-state index contributed by atoms with van der Waals surface area (Å²) in [6.45, 7) is 7.46. The molecule has 1 aliphatic carbocycles. The van der Waals surface area contributed by atoms with Crippen molar-refractivity contribution in [2.45, 2.75) is 58.5 Å². The molecule has 1 fully saturated rings. The topological polar surface area (TPSA) is 68.8 Å². The van der Waals surface area contributed by atoms with E-state index in [4.69, 9.17) is 4.98 Å². The van der Waals surface area contributed by atoms with Crippen LogP contribution in [0.2, 0.25) is 0 Å². The molecule has 7 nitrogen and oxygen atoms in total. The summed E-state index contributed by atoms with van der Waals surface area (Å²) in [6.07, 6.45) is 2.73. The van der Waals surface area contributed by atoms with Crippen LogP contribution >= 0.6 is 0 Å². The van der Waals surface area contributed by atoms with Gasteiger partial charge in [0.1, 0.15) is 5.82 Å². The Balaban J connectivity index is 1.37. The molecule has 0 radical (unpaired) electrons. The Morgan fingerprint density at radius 3 is 2.59 bits per heavy atom. The van der Waals surface area contributed by atoms with E-state index in [1.807, 2.05) is 58.4 Å². The van der Waals surface area contributed by atoms with Gasteiger partial charge in [0.25, 0.3) is 0 Å². The van der Waals surface area contributed by atoms with Crippen LogP contribution in [0.3, 0.4) is 0 Å². The normalized spacial score (nSPS) is 18.7. The Labute approximate surface area is 170 Å². The highest BCUT2D eigenvalue weighted by Crippen LogP contribution is 2.39. The van der Waals surface area contributed by atoms with Crippen molar-refractivity contribution in [2.24, 2.45) is 0 Å². The monoisotopic (exact) mass is 390 g/mol.